The summed E-state index contributed by atoms with van der Waals surface area (Å²) < 4.78 is 6.07. The van der Waals surface area contributed by atoms with Gasteiger partial charge in [0.2, 0.25) is 11.6 Å². The van der Waals surface area contributed by atoms with Crippen LogP contribution in [0.3, 0.4) is 0 Å². The first kappa shape index (κ1) is 16.1. The van der Waals surface area contributed by atoms with Gasteiger partial charge in [0.25, 0.3) is 0 Å². The molecular weight excluding hydrogens is 304 g/mol. The first-order chi connectivity index (χ1) is 11.2. The van der Waals surface area contributed by atoms with Crippen LogP contribution >= 0.6 is 0 Å². The van der Waals surface area contributed by atoms with Crippen molar-refractivity contribution < 1.29 is 19.4 Å². The van der Waals surface area contributed by atoms with Crippen LogP contribution in [0.2, 0.25) is 0 Å². The van der Waals surface area contributed by atoms with E-state index in [0.717, 1.165) is 25.7 Å². The van der Waals surface area contributed by atoms with Crippen LogP contribution in [0.1, 0.15) is 53.4 Å². The van der Waals surface area contributed by atoms with Gasteiger partial charge in [-0.05, 0) is 36.5 Å². The van der Waals surface area contributed by atoms with Crippen LogP contribution < -0.4 is 0 Å². The molecule has 1 saturated carbocycles. The Bertz CT molecular complexity index is 709. The number of carbonyl (C=O) groups is 2. The lowest BCUT2D eigenvalue weighted by molar-refractivity contribution is -0.155. The zero-order chi connectivity index (χ0) is 17.4. The lowest BCUT2D eigenvalue weighted by Crippen LogP contribution is -2.60. The molecule has 5 rings (SSSR count). The van der Waals surface area contributed by atoms with Crippen LogP contribution in [-0.4, -0.2) is 29.4 Å². The number of rotatable bonds is 1. The third-order valence-corrected chi connectivity index (χ3v) is 6.90. The van der Waals surface area contributed by atoms with Gasteiger partial charge in [-0.1, -0.05) is 34.1 Å². The predicted molar refractivity (Wildman–Crippen MR) is 89.4 cm³/mol. The molecule has 0 radical (unpaired) electrons. The molecule has 2 aliphatic heterocycles. The summed E-state index contributed by atoms with van der Waals surface area (Å²) in [5.74, 6) is -0.712. The Labute approximate surface area is 143 Å². The number of aliphatic hydroxyl groups is 1. The Hall–Kier alpha value is -1.42. The van der Waals surface area contributed by atoms with E-state index in [1.54, 1.807) is 0 Å². The first-order valence-corrected chi connectivity index (χ1v) is 9.09. The maximum absolute atomic E-state index is 13.1. The first-order valence-electron chi connectivity index (χ1n) is 9.09. The van der Waals surface area contributed by atoms with Gasteiger partial charge in [-0.3, -0.25) is 9.59 Å². The van der Waals surface area contributed by atoms with Gasteiger partial charge in [-0.25, -0.2) is 0 Å². The van der Waals surface area contributed by atoms with Crippen LogP contribution in [0.4, 0.5) is 0 Å². The van der Waals surface area contributed by atoms with E-state index in [1.807, 2.05) is 13.8 Å². The molecule has 130 valence electrons. The minimum absolute atomic E-state index is 0.0236. The Morgan fingerprint density at radius 3 is 2.54 bits per heavy atom. The zero-order valence-electron chi connectivity index (χ0n) is 14.9. The van der Waals surface area contributed by atoms with Crippen molar-refractivity contribution in [3.8, 4) is 0 Å². The fourth-order valence-electron chi connectivity index (χ4n) is 5.85. The van der Waals surface area contributed by atoms with Crippen molar-refractivity contribution in [2.24, 2.45) is 22.7 Å². The van der Waals surface area contributed by atoms with Crippen molar-refractivity contribution in [2.75, 3.05) is 6.61 Å². The molecule has 0 aromatic heterocycles. The SMILES string of the molecule is CC(C)C1=C(O)C2=C(C(=O)C1=O)[C@@]13CCCC(C)(C)[C@@H]1CC2OC3. The van der Waals surface area contributed by atoms with Gasteiger partial charge < -0.3 is 9.84 Å². The van der Waals surface area contributed by atoms with E-state index < -0.39 is 11.2 Å². The fourth-order valence-corrected chi connectivity index (χ4v) is 5.85. The number of Topliss-reactive ketones (excluding diaryl/α,β-unsaturated/α-hetero) is 2. The van der Waals surface area contributed by atoms with Crippen LogP contribution in [0, 0.1) is 22.7 Å². The van der Waals surface area contributed by atoms with Gasteiger partial charge >= 0.3 is 0 Å². The van der Waals surface area contributed by atoms with Gasteiger partial charge in [0, 0.05) is 22.1 Å². The molecule has 3 aliphatic carbocycles. The van der Waals surface area contributed by atoms with E-state index in [-0.39, 0.29) is 34.6 Å². The molecule has 1 unspecified atom stereocenters. The number of ketones is 2. The number of ether oxygens (including phenoxy) is 1. The van der Waals surface area contributed by atoms with Crippen molar-refractivity contribution in [2.45, 2.75) is 59.5 Å². The zero-order valence-corrected chi connectivity index (χ0v) is 14.9. The number of hydrogen-bond acceptors (Lipinski definition) is 4. The molecule has 0 aromatic carbocycles. The fraction of sp³-hybridized carbons (Fsp3) is 0.700. The second-order valence-corrected chi connectivity index (χ2v) is 8.95. The van der Waals surface area contributed by atoms with Gasteiger partial charge in [0.05, 0.1) is 12.7 Å². The average Bonchev–Trinajstić information content (AvgIpc) is 2.51. The predicted octanol–water partition coefficient (Wildman–Crippen LogP) is 3.52. The highest BCUT2D eigenvalue weighted by Crippen LogP contribution is 2.64. The maximum Gasteiger partial charge on any atom is 0.233 e. The Morgan fingerprint density at radius 1 is 1.17 bits per heavy atom. The molecule has 24 heavy (non-hydrogen) atoms. The number of hydrogen-bond donors (Lipinski definition) is 1. The second-order valence-electron chi connectivity index (χ2n) is 8.95. The summed E-state index contributed by atoms with van der Waals surface area (Å²) in [5.41, 5.74) is 1.21. The molecule has 1 spiro atoms. The monoisotopic (exact) mass is 330 g/mol. The van der Waals surface area contributed by atoms with E-state index in [2.05, 4.69) is 13.8 Å². The largest absolute Gasteiger partial charge is 0.507 e. The summed E-state index contributed by atoms with van der Waals surface area (Å²) >= 11 is 0. The normalized spacial score (nSPS) is 37.9. The van der Waals surface area contributed by atoms with E-state index in [4.69, 9.17) is 4.74 Å². The highest BCUT2D eigenvalue weighted by atomic mass is 16.5. The van der Waals surface area contributed by atoms with Crippen molar-refractivity contribution in [3.63, 3.8) is 0 Å². The maximum atomic E-state index is 13.1. The molecule has 2 heterocycles. The second kappa shape index (κ2) is 4.81. The third-order valence-electron chi connectivity index (χ3n) is 6.90. The van der Waals surface area contributed by atoms with Gasteiger partial charge in [-0.2, -0.15) is 0 Å². The lowest BCUT2D eigenvalue weighted by atomic mass is 9.46. The van der Waals surface area contributed by atoms with Crippen molar-refractivity contribution in [1.29, 1.82) is 0 Å². The van der Waals surface area contributed by atoms with E-state index in [1.165, 1.54) is 0 Å². The third kappa shape index (κ3) is 1.78. The summed E-state index contributed by atoms with van der Waals surface area (Å²) in [5, 5.41) is 10.8. The summed E-state index contributed by atoms with van der Waals surface area (Å²) in [6.45, 7) is 8.73. The molecule has 0 amide bonds. The smallest absolute Gasteiger partial charge is 0.233 e. The summed E-state index contributed by atoms with van der Waals surface area (Å²) in [6.07, 6.45) is 3.61. The minimum Gasteiger partial charge on any atom is -0.507 e. The van der Waals surface area contributed by atoms with E-state index in [0.29, 0.717) is 23.7 Å². The Morgan fingerprint density at radius 2 is 1.88 bits per heavy atom. The summed E-state index contributed by atoms with van der Waals surface area (Å²) in [7, 11) is 0. The molecule has 1 saturated heterocycles. The molecule has 0 aromatic rings. The van der Waals surface area contributed by atoms with Crippen molar-refractivity contribution in [1.82, 2.24) is 0 Å². The van der Waals surface area contributed by atoms with Crippen LogP contribution in [0.15, 0.2) is 22.5 Å². The lowest BCUT2D eigenvalue weighted by Gasteiger charge is -2.61. The highest BCUT2D eigenvalue weighted by molar-refractivity contribution is 6.50. The number of aliphatic hydroxyl groups excluding tert-OH is 1. The molecule has 2 bridgehead atoms. The van der Waals surface area contributed by atoms with Crippen LogP contribution in [0.25, 0.3) is 0 Å². The molecule has 4 heteroatoms. The summed E-state index contributed by atoms with van der Waals surface area (Å²) in [4.78, 5) is 25.8. The highest BCUT2D eigenvalue weighted by Gasteiger charge is 2.63. The average molecular weight is 330 g/mol. The molecule has 2 fully saturated rings. The molecule has 3 atom stereocenters. The Balaban J connectivity index is 1.97. The minimum atomic E-state index is -0.509. The van der Waals surface area contributed by atoms with Crippen molar-refractivity contribution in [3.05, 3.63) is 22.5 Å². The molecular formula is C20H26O4. The number of allylic oxidation sites excluding steroid dienone is 1. The Kier molecular flexibility index (Phi) is 3.22. The van der Waals surface area contributed by atoms with Gasteiger partial charge in [0.15, 0.2) is 0 Å². The number of carbonyl (C=O) groups excluding carboxylic acids is 2. The summed E-state index contributed by atoms with van der Waals surface area (Å²) in [6, 6.07) is 0. The van der Waals surface area contributed by atoms with Gasteiger partial charge in [0.1, 0.15) is 5.76 Å². The van der Waals surface area contributed by atoms with Crippen molar-refractivity contribution >= 4 is 11.6 Å². The van der Waals surface area contributed by atoms with E-state index in [9.17, 15) is 14.7 Å². The van der Waals surface area contributed by atoms with E-state index >= 15 is 0 Å². The standard InChI is InChI=1S/C20H26O4/c1-10(2)13-16(21)14-11-8-12-19(3,4)6-5-7-20(12,9-24-11)15(14)18(23)17(13)22/h10-12,21H,5-9H2,1-4H3/t11?,12-,20+/m0/s1. The van der Waals surface area contributed by atoms with Gasteiger partial charge in [-0.15, -0.1) is 0 Å². The number of fused-ring (bicyclic) bond motifs is 1. The molecule has 1 N–H and O–H groups in total. The van der Waals surface area contributed by atoms with Crippen LogP contribution in [-0.2, 0) is 14.3 Å². The van der Waals surface area contributed by atoms with Crippen LogP contribution in [0.5, 0.6) is 0 Å². The quantitative estimate of drug-likeness (QED) is 0.590. The molecule has 4 nitrogen and oxygen atoms in total. The molecule has 5 aliphatic rings. The topological polar surface area (TPSA) is 63.6 Å².